The molecule has 1 aliphatic carbocycles. The Labute approximate surface area is 110 Å². The smallest absolute Gasteiger partial charge is 0.329 e. The molecule has 1 aromatic heterocycles. The second-order valence-corrected chi connectivity index (χ2v) is 4.65. The number of carboxylic acids is 1. The summed E-state index contributed by atoms with van der Waals surface area (Å²) in [6, 6.07) is -0.542. The zero-order chi connectivity index (χ0) is 13.7. The van der Waals surface area contributed by atoms with Crippen molar-refractivity contribution in [3.63, 3.8) is 0 Å². The average molecular weight is 264 g/mol. The number of anilines is 1. The molecule has 2 amide bonds. The highest BCUT2D eigenvalue weighted by molar-refractivity contribution is 5.93. The summed E-state index contributed by atoms with van der Waals surface area (Å²) in [5, 5.41) is 14.4. The molecule has 0 aromatic carbocycles. The molecule has 0 radical (unpaired) electrons. The van der Waals surface area contributed by atoms with Gasteiger partial charge in [-0.3, -0.25) is 0 Å². The Morgan fingerprint density at radius 2 is 1.79 bits per heavy atom. The molecule has 0 spiro atoms. The van der Waals surface area contributed by atoms with Crippen LogP contribution in [0.2, 0.25) is 0 Å². The van der Waals surface area contributed by atoms with Gasteiger partial charge in [-0.1, -0.05) is 19.3 Å². The number of urea groups is 1. The number of carbonyl (C=O) groups is 2. The van der Waals surface area contributed by atoms with Gasteiger partial charge >= 0.3 is 12.0 Å². The zero-order valence-electron chi connectivity index (χ0n) is 10.4. The molecule has 1 heterocycles. The molecule has 102 valence electrons. The Morgan fingerprint density at radius 1 is 1.16 bits per heavy atom. The normalized spacial score (nSPS) is 17.5. The van der Waals surface area contributed by atoms with Crippen molar-refractivity contribution in [2.75, 3.05) is 5.32 Å². The third-order valence-corrected chi connectivity index (χ3v) is 3.29. The number of amides is 2. The Balaban J connectivity index is 2.01. The highest BCUT2D eigenvalue weighted by atomic mass is 16.4. The summed E-state index contributed by atoms with van der Waals surface area (Å²) < 4.78 is 0. The summed E-state index contributed by atoms with van der Waals surface area (Å²) in [6.45, 7) is 0. The molecule has 1 aliphatic rings. The van der Waals surface area contributed by atoms with E-state index in [0.29, 0.717) is 18.5 Å². The van der Waals surface area contributed by atoms with E-state index in [1.165, 1.54) is 18.7 Å². The Hall–Kier alpha value is -2.18. The van der Waals surface area contributed by atoms with Gasteiger partial charge in [-0.25, -0.2) is 19.6 Å². The fraction of sp³-hybridized carbons (Fsp3) is 0.500. The van der Waals surface area contributed by atoms with E-state index in [1.807, 2.05) is 0 Å². The summed E-state index contributed by atoms with van der Waals surface area (Å²) in [7, 11) is 0. The van der Waals surface area contributed by atoms with E-state index in [0.717, 1.165) is 19.3 Å². The topological polar surface area (TPSA) is 104 Å². The van der Waals surface area contributed by atoms with Gasteiger partial charge in [0.2, 0.25) is 0 Å². The molecule has 0 unspecified atom stereocenters. The molecule has 3 N–H and O–H groups in total. The van der Waals surface area contributed by atoms with Gasteiger partial charge in [-0.15, -0.1) is 0 Å². The quantitative estimate of drug-likeness (QED) is 0.765. The first-order valence-electron chi connectivity index (χ1n) is 6.20. The van der Waals surface area contributed by atoms with E-state index in [1.54, 1.807) is 0 Å². The van der Waals surface area contributed by atoms with Crippen molar-refractivity contribution in [1.82, 2.24) is 15.3 Å². The SMILES string of the molecule is O=C(Nc1cncnc1)NC1(C(=O)O)CCCCC1. The van der Waals surface area contributed by atoms with Gasteiger partial charge in [0.15, 0.2) is 0 Å². The van der Waals surface area contributed by atoms with Crippen LogP contribution in [0.1, 0.15) is 32.1 Å². The first kappa shape index (κ1) is 13.3. The van der Waals surface area contributed by atoms with E-state index in [2.05, 4.69) is 20.6 Å². The Morgan fingerprint density at radius 3 is 2.37 bits per heavy atom. The molecule has 19 heavy (non-hydrogen) atoms. The van der Waals surface area contributed by atoms with Gasteiger partial charge in [0.1, 0.15) is 11.9 Å². The average Bonchev–Trinajstić information content (AvgIpc) is 2.40. The standard InChI is InChI=1S/C12H16N4O3/c17-10(18)12(4-2-1-3-5-12)16-11(19)15-9-6-13-8-14-7-9/h6-8H,1-5H2,(H,17,18)(H2,15,16,19). The van der Waals surface area contributed by atoms with E-state index in [4.69, 9.17) is 0 Å². The number of nitrogens with zero attached hydrogens (tertiary/aromatic N) is 2. The Kier molecular flexibility index (Phi) is 3.94. The molecular formula is C12H16N4O3. The molecule has 2 rings (SSSR count). The third-order valence-electron chi connectivity index (χ3n) is 3.29. The molecular weight excluding hydrogens is 248 g/mol. The molecule has 0 aliphatic heterocycles. The van der Waals surface area contributed by atoms with Crippen LogP contribution in [-0.2, 0) is 4.79 Å². The summed E-state index contributed by atoms with van der Waals surface area (Å²) in [4.78, 5) is 30.8. The number of rotatable bonds is 3. The van der Waals surface area contributed by atoms with Crippen LogP contribution in [0.3, 0.4) is 0 Å². The number of hydrogen-bond acceptors (Lipinski definition) is 4. The molecule has 1 fully saturated rings. The molecule has 0 atom stereocenters. The zero-order valence-corrected chi connectivity index (χ0v) is 10.4. The van der Waals surface area contributed by atoms with E-state index < -0.39 is 17.5 Å². The molecule has 0 bridgehead atoms. The summed E-state index contributed by atoms with van der Waals surface area (Å²) in [6.07, 6.45) is 7.78. The van der Waals surface area contributed by atoms with Gasteiger partial charge in [0.05, 0.1) is 18.1 Å². The largest absolute Gasteiger partial charge is 0.480 e. The number of nitrogens with one attached hydrogen (secondary N) is 2. The molecule has 7 heteroatoms. The fourth-order valence-corrected chi connectivity index (χ4v) is 2.29. The maximum atomic E-state index is 11.8. The minimum atomic E-state index is -1.15. The molecule has 1 saturated carbocycles. The maximum Gasteiger partial charge on any atom is 0.329 e. The van der Waals surface area contributed by atoms with Crippen molar-refractivity contribution in [2.24, 2.45) is 0 Å². The predicted molar refractivity (Wildman–Crippen MR) is 67.6 cm³/mol. The number of hydrogen-bond donors (Lipinski definition) is 3. The van der Waals surface area contributed by atoms with Crippen molar-refractivity contribution in [1.29, 1.82) is 0 Å². The first-order chi connectivity index (χ1) is 9.12. The summed E-state index contributed by atoms with van der Waals surface area (Å²) in [5.74, 6) is -0.980. The van der Waals surface area contributed by atoms with Crippen molar-refractivity contribution < 1.29 is 14.7 Å². The highest BCUT2D eigenvalue weighted by Gasteiger charge is 2.40. The lowest BCUT2D eigenvalue weighted by Crippen LogP contribution is -2.56. The summed E-state index contributed by atoms with van der Waals surface area (Å²) >= 11 is 0. The van der Waals surface area contributed by atoms with Gasteiger partial charge in [-0.05, 0) is 12.8 Å². The fourth-order valence-electron chi connectivity index (χ4n) is 2.29. The van der Waals surface area contributed by atoms with Crippen molar-refractivity contribution in [2.45, 2.75) is 37.6 Å². The number of aliphatic carboxylic acids is 1. The van der Waals surface area contributed by atoms with Crippen molar-refractivity contribution >= 4 is 17.7 Å². The van der Waals surface area contributed by atoms with Crippen LogP contribution in [0.25, 0.3) is 0 Å². The minimum Gasteiger partial charge on any atom is -0.480 e. The molecule has 0 saturated heterocycles. The van der Waals surface area contributed by atoms with Gasteiger partial charge in [0, 0.05) is 0 Å². The lowest BCUT2D eigenvalue weighted by molar-refractivity contribution is -0.145. The Bertz CT molecular complexity index is 457. The predicted octanol–water partition coefficient (Wildman–Crippen LogP) is 1.39. The number of carbonyl (C=O) groups excluding carboxylic acids is 1. The second-order valence-electron chi connectivity index (χ2n) is 4.65. The molecule has 7 nitrogen and oxygen atoms in total. The van der Waals surface area contributed by atoms with E-state index >= 15 is 0 Å². The molecule has 1 aromatic rings. The van der Waals surface area contributed by atoms with Crippen LogP contribution in [0.15, 0.2) is 18.7 Å². The van der Waals surface area contributed by atoms with Crippen LogP contribution in [-0.4, -0.2) is 32.6 Å². The van der Waals surface area contributed by atoms with Gasteiger partial charge < -0.3 is 15.7 Å². The van der Waals surface area contributed by atoms with Crippen LogP contribution >= 0.6 is 0 Å². The van der Waals surface area contributed by atoms with Crippen LogP contribution < -0.4 is 10.6 Å². The van der Waals surface area contributed by atoms with Crippen molar-refractivity contribution in [3.05, 3.63) is 18.7 Å². The van der Waals surface area contributed by atoms with Crippen LogP contribution in [0.5, 0.6) is 0 Å². The lowest BCUT2D eigenvalue weighted by atomic mass is 9.82. The van der Waals surface area contributed by atoms with Crippen LogP contribution in [0, 0.1) is 0 Å². The van der Waals surface area contributed by atoms with Crippen molar-refractivity contribution in [3.8, 4) is 0 Å². The second kappa shape index (κ2) is 5.64. The lowest BCUT2D eigenvalue weighted by Gasteiger charge is -2.33. The first-order valence-corrected chi connectivity index (χ1v) is 6.20. The van der Waals surface area contributed by atoms with E-state index in [9.17, 15) is 14.7 Å². The minimum absolute atomic E-state index is 0.427. The van der Waals surface area contributed by atoms with Crippen LogP contribution in [0.4, 0.5) is 10.5 Å². The highest BCUT2D eigenvalue weighted by Crippen LogP contribution is 2.28. The third kappa shape index (κ3) is 3.18. The van der Waals surface area contributed by atoms with Gasteiger partial charge in [-0.2, -0.15) is 0 Å². The van der Waals surface area contributed by atoms with Gasteiger partial charge in [0.25, 0.3) is 0 Å². The number of carboxylic acid groups (broad SMARTS) is 1. The maximum absolute atomic E-state index is 11.8. The number of aromatic nitrogens is 2. The van der Waals surface area contributed by atoms with E-state index in [-0.39, 0.29) is 0 Å². The summed E-state index contributed by atoms with van der Waals surface area (Å²) in [5.41, 5.74) is -0.728. The monoisotopic (exact) mass is 264 g/mol.